The first-order chi connectivity index (χ1) is 42.6. The van der Waals surface area contributed by atoms with Crippen molar-refractivity contribution in [3.8, 4) is 0 Å². The molecule has 0 spiro atoms. The number of carbonyl (C=O) groups is 6. The summed E-state index contributed by atoms with van der Waals surface area (Å²) >= 11 is 0. The molecule has 41 heteroatoms. The van der Waals surface area contributed by atoms with Crippen LogP contribution in [0.5, 0.6) is 0 Å². The molecule has 6 saturated heterocycles. The lowest BCUT2D eigenvalue weighted by molar-refractivity contribution is -0.381. The smallest absolute Gasteiger partial charge is 0.364 e. The van der Waals surface area contributed by atoms with Crippen molar-refractivity contribution in [2.75, 3.05) is 39.6 Å². The lowest BCUT2D eigenvalue weighted by Crippen LogP contribution is -2.71. The summed E-state index contributed by atoms with van der Waals surface area (Å²) in [5.41, 5.74) is 0. The fraction of sp³-hybridized carbons (Fsp3) is 0.880. The standard InChI is InChI=1S/C50H82N4O37/c1-13(59)51-25-17(63)5-49(47(77)78,89-40(25)29(67)19(65)7-55)82-12-24-31(69)35(73)36(74)45(86-24)87-38-22(10-58)85-44(27(34(38)72)53-15(3)61)81-11-23-33(71)39(28(43(76)83-23)54-16(4)62)88-46-37(75)42(32(70)21(9-57)84-46)91-50(48(79)80)6-18(64)26(52-14(2)60)41(90-50)30(68)20(66)8-56/h17-46,55-58,63-76H,5-12H2,1-4H3,(H,51,59)(H,52,60)(H,53,61)(H,54,62)(H,77,78)(H,79,80)/t17-,18-,19+,20+,21+,22+,23+,24+,25+,26+,27+,28+,29+,30+,31-,32-,33-,34+,35-,36+,37+,38+,39+,40+,41+,42-,43?,44+,45-,46-,49+,50-/m0/s1. The summed E-state index contributed by atoms with van der Waals surface area (Å²) in [5.74, 6) is -13.8. The zero-order valence-electron chi connectivity index (χ0n) is 48.9. The van der Waals surface area contributed by atoms with Crippen LogP contribution in [0.2, 0.25) is 0 Å². The number of carbonyl (C=O) groups excluding carboxylic acids is 4. The molecule has 0 aliphatic carbocycles. The SMILES string of the molecule is CC(=O)N[C@H]1[C@H](OC[C@H]2OC(O)[C@H](NC(C)=O)[C@@H](O[C@@H]3O[C@H](CO)[C@H](O)[C@H](O[C@]4(C(=O)O)C[C@H](O)[C@@H](NC(C)=O)[C@H]([C@H](O)[C@H](O)CO)O4)[C@H]3O)[C@H]2O)O[C@H](CO)[C@@H](O[C@@H]2O[C@H](CO[C@]3(C(=O)O)C[C@H](O)[C@@H](NC(C)=O)[C@H]([C@H](O)[C@H](O)CO)O3)[C@H](O)[C@H](O)[C@H]2O)[C@@H]1O. The number of hydrogen-bond acceptors (Lipinski definition) is 35. The minimum absolute atomic E-state index is 0.804. The quantitative estimate of drug-likeness (QED) is 0.0382. The van der Waals surface area contributed by atoms with Crippen molar-refractivity contribution in [2.45, 2.75) is 236 Å². The average Bonchev–Trinajstić information content (AvgIpc) is 0.783. The third-order valence-electron chi connectivity index (χ3n) is 16.0. The highest BCUT2D eigenvalue weighted by Crippen LogP contribution is 2.40. The molecular formula is C50H82N4O37. The molecule has 6 aliphatic heterocycles. The van der Waals surface area contributed by atoms with Crippen LogP contribution in [-0.2, 0) is 80.9 Å². The Morgan fingerprint density at radius 2 is 0.890 bits per heavy atom. The molecule has 0 aromatic carbocycles. The first-order valence-corrected chi connectivity index (χ1v) is 28.3. The zero-order chi connectivity index (χ0) is 68.0. The number of carboxylic acid groups (broad SMARTS) is 2. The van der Waals surface area contributed by atoms with E-state index >= 15 is 0 Å². The first kappa shape index (κ1) is 75.7. The summed E-state index contributed by atoms with van der Waals surface area (Å²) in [4.78, 5) is 75.1. The maximum absolute atomic E-state index is 13.1. The number of ether oxygens (including phenoxy) is 11. The Morgan fingerprint density at radius 3 is 1.38 bits per heavy atom. The Labute approximate surface area is 514 Å². The van der Waals surface area contributed by atoms with Crippen molar-refractivity contribution >= 4 is 35.6 Å². The molecule has 1 unspecified atom stereocenters. The molecule has 524 valence electrons. The molecule has 6 heterocycles. The Hall–Kier alpha value is -4.34. The molecule has 0 aromatic rings. The largest absolute Gasteiger partial charge is 0.477 e. The third-order valence-corrected chi connectivity index (χ3v) is 16.0. The third kappa shape index (κ3) is 17.0. The highest BCUT2D eigenvalue weighted by Gasteiger charge is 2.62. The number of nitrogens with one attached hydrogen (secondary N) is 4. The van der Waals surface area contributed by atoms with Gasteiger partial charge in [-0.1, -0.05) is 0 Å². The lowest BCUT2D eigenvalue weighted by atomic mass is 9.88. The zero-order valence-corrected chi connectivity index (χ0v) is 48.9. The average molecular weight is 1330 g/mol. The van der Waals surface area contributed by atoms with E-state index in [0.717, 1.165) is 27.7 Å². The summed E-state index contributed by atoms with van der Waals surface area (Å²) in [5, 5.41) is 226. The van der Waals surface area contributed by atoms with E-state index < -0.39 is 283 Å². The maximum Gasteiger partial charge on any atom is 0.364 e. The first-order valence-electron chi connectivity index (χ1n) is 28.3. The molecule has 4 amide bonds. The summed E-state index contributed by atoms with van der Waals surface area (Å²) in [7, 11) is 0. The predicted molar refractivity (Wildman–Crippen MR) is 280 cm³/mol. The van der Waals surface area contributed by atoms with Crippen LogP contribution in [0.15, 0.2) is 0 Å². The number of amides is 4. The van der Waals surface area contributed by atoms with Gasteiger partial charge in [0.15, 0.2) is 25.2 Å². The van der Waals surface area contributed by atoms with E-state index in [-0.39, 0.29) is 0 Å². The fourth-order valence-corrected chi connectivity index (χ4v) is 11.3. The second-order valence-electron chi connectivity index (χ2n) is 22.6. The second-order valence-corrected chi connectivity index (χ2v) is 22.6. The monoisotopic (exact) mass is 1330 g/mol. The number of hydrogen-bond donors (Lipinski definition) is 24. The van der Waals surface area contributed by atoms with Crippen LogP contribution in [-0.4, -0.2) is 373 Å². The topological polar surface area (TPSA) is 657 Å². The Bertz CT molecular complexity index is 2450. The van der Waals surface area contributed by atoms with Crippen molar-refractivity contribution in [1.82, 2.24) is 21.3 Å². The van der Waals surface area contributed by atoms with Gasteiger partial charge in [-0.05, 0) is 0 Å². The minimum Gasteiger partial charge on any atom is -0.477 e. The van der Waals surface area contributed by atoms with E-state index in [1.54, 1.807) is 0 Å². The molecule has 24 N–H and O–H groups in total. The molecule has 0 bridgehead atoms. The Kier molecular flexibility index (Phi) is 26.6. The predicted octanol–water partition coefficient (Wildman–Crippen LogP) is -15.1. The molecule has 91 heavy (non-hydrogen) atoms. The van der Waals surface area contributed by atoms with Crippen LogP contribution >= 0.6 is 0 Å². The van der Waals surface area contributed by atoms with Crippen LogP contribution < -0.4 is 21.3 Å². The van der Waals surface area contributed by atoms with Gasteiger partial charge in [0.2, 0.25) is 23.6 Å². The second kappa shape index (κ2) is 31.9. The van der Waals surface area contributed by atoms with E-state index in [0.29, 0.717) is 0 Å². The van der Waals surface area contributed by atoms with E-state index in [9.17, 15) is 131 Å². The van der Waals surface area contributed by atoms with E-state index in [1.165, 1.54) is 0 Å². The van der Waals surface area contributed by atoms with Crippen molar-refractivity contribution < 1.29 is 183 Å². The van der Waals surface area contributed by atoms with Crippen molar-refractivity contribution in [1.29, 1.82) is 0 Å². The highest BCUT2D eigenvalue weighted by molar-refractivity contribution is 5.77. The molecule has 6 aliphatic rings. The van der Waals surface area contributed by atoms with Crippen LogP contribution in [0.4, 0.5) is 0 Å². The molecule has 0 aromatic heterocycles. The number of rotatable bonds is 26. The number of aliphatic carboxylic acids is 2. The Balaban J connectivity index is 1.20. The molecule has 0 radical (unpaired) electrons. The number of aliphatic hydroxyl groups is 18. The van der Waals surface area contributed by atoms with Crippen LogP contribution in [0, 0.1) is 0 Å². The van der Waals surface area contributed by atoms with Gasteiger partial charge >= 0.3 is 11.9 Å². The number of aliphatic hydroxyl groups excluding tert-OH is 18. The summed E-state index contributed by atoms with van der Waals surface area (Å²) in [6, 6.07) is -6.96. The van der Waals surface area contributed by atoms with Gasteiger partial charge in [-0.15, -0.1) is 0 Å². The minimum atomic E-state index is -3.23. The van der Waals surface area contributed by atoms with E-state index in [4.69, 9.17) is 52.1 Å². The molecular weight excluding hydrogens is 1250 g/mol. The molecule has 41 nitrogen and oxygen atoms in total. The van der Waals surface area contributed by atoms with Gasteiger partial charge in [-0.25, -0.2) is 9.59 Å². The van der Waals surface area contributed by atoms with Gasteiger partial charge in [0.05, 0.1) is 63.9 Å². The molecule has 6 fully saturated rings. The van der Waals surface area contributed by atoms with Crippen LogP contribution in [0.3, 0.4) is 0 Å². The van der Waals surface area contributed by atoms with Gasteiger partial charge in [0.25, 0.3) is 11.6 Å². The normalized spacial score (nSPS) is 43.5. The highest BCUT2D eigenvalue weighted by atomic mass is 16.8. The van der Waals surface area contributed by atoms with E-state index in [2.05, 4.69) is 21.3 Å². The van der Waals surface area contributed by atoms with Gasteiger partial charge < -0.3 is 176 Å². The van der Waals surface area contributed by atoms with Crippen LogP contribution in [0.25, 0.3) is 0 Å². The molecule has 32 atom stereocenters. The van der Waals surface area contributed by atoms with Gasteiger partial charge in [-0.3, -0.25) is 19.2 Å². The summed E-state index contributed by atoms with van der Waals surface area (Å²) in [6.07, 6.45) is -57.0. The van der Waals surface area contributed by atoms with Gasteiger partial charge in [0, 0.05) is 40.5 Å². The van der Waals surface area contributed by atoms with E-state index in [1.807, 2.05) is 0 Å². The van der Waals surface area contributed by atoms with Crippen molar-refractivity contribution in [3.05, 3.63) is 0 Å². The summed E-state index contributed by atoms with van der Waals surface area (Å²) in [6.45, 7) is -2.78. The van der Waals surface area contributed by atoms with Gasteiger partial charge in [0.1, 0.15) is 134 Å². The van der Waals surface area contributed by atoms with Crippen molar-refractivity contribution in [3.63, 3.8) is 0 Å². The van der Waals surface area contributed by atoms with Crippen molar-refractivity contribution in [2.24, 2.45) is 0 Å². The fourth-order valence-electron chi connectivity index (χ4n) is 11.3. The van der Waals surface area contributed by atoms with Crippen LogP contribution in [0.1, 0.15) is 40.5 Å². The molecule has 0 saturated carbocycles. The molecule has 6 rings (SSSR count). The lowest BCUT2D eigenvalue weighted by Gasteiger charge is -2.51. The summed E-state index contributed by atoms with van der Waals surface area (Å²) < 4.78 is 62.8. The maximum atomic E-state index is 13.1. The Morgan fingerprint density at radius 1 is 0.462 bits per heavy atom. The van der Waals surface area contributed by atoms with Gasteiger partial charge in [-0.2, -0.15) is 0 Å². The number of carboxylic acids is 2.